The number of ether oxygens (including phenoxy) is 2. The summed E-state index contributed by atoms with van der Waals surface area (Å²) in [6, 6.07) is 3.99. The summed E-state index contributed by atoms with van der Waals surface area (Å²) in [4.78, 5) is 12.6. The van der Waals surface area contributed by atoms with Gasteiger partial charge < -0.3 is 14.8 Å². The Morgan fingerprint density at radius 3 is 2.33 bits per heavy atom. The highest BCUT2D eigenvalue weighted by Gasteiger charge is 2.20. The maximum Gasteiger partial charge on any atom is 0.251 e. The Hall–Kier alpha value is -1.71. The summed E-state index contributed by atoms with van der Waals surface area (Å²) in [6.45, 7) is 2.04. The van der Waals surface area contributed by atoms with E-state index in [2.05, 4.69) is 5.32 Å². The van der Waals surface area contributed by atoms with E-state index in [-0.39, 0.29) is 5.91 Å². The molecule has 0 aromatic heterocycles. The molecule has 1 amide bonds. The summed E-state index contributed by atoms with van der Waals surface area (Å²) in [5.41, 5.74) is 1.68. The van der Waals surface area contributed by atoms with E-state index < -0.39 is 0 Å². The van der Waals surface area contributed by atoms with Crippen molar-refractivity contribution < 1.29 is 14.3 Å². The first kappa shape index (κ1) is 15.7. The van der Waals surface area contributed by atoms with Gasteiger partial charge in [-0.1, -0.05) is 26.2 Å². The lowest BCUT2D eigenvalue weighted by Gasteiger charge is -2.23. The van der Waals surface area contributed by atoms with Crippen molar-refractivity contribution in [1.29, 1.82) is 0 Å². The number of carbonyl (C=O) groups is 1. The van der Waals surface area contributed by atoms with Crippen LogP contribution in [0.4, 0.5) is 0 Å². The molecule has 1 saturated carbocycles. The van der Waals surface area contributed by atoms with Gasteiger partial charge in [0.25, 0.3) is 5.91 Å². The highest BCUT2D eigenvalue weighted by molar-refractivity contribution is 5.96. The molecule has 21 heavy (non-hydrogen) atoms. The quantitative estimate of drug-likeness (QED) is 0.905. The average molecular weight is 291 g/mol. The molecule has 4 nitrogen and oxygen atoms in total. The fourth-order valence-electron chi connectivity index (χ4n) is 2.94. The Labute approximate surface area is 126 Å². The van der Waals surface area contributed by atoms with E-state index in [1.165, 1.54) is 19.3 Å². The highest BCUT2D eigenvalue weighted by Crippen LogP contribution is 2.31. The van der Waals surface area contributed by atoms with Gasteiger partial charge in [0.15, 0.2) is 11.5 Å². The third-order valence-corrected chi connectivity index (χ3v) is 4.18. The predicted octanol–water partition coefficient (Wildman–Crippen LogP) is 3.33. The van der Waals surface area contributed by atoms with E-state index in [4.69, 9.17) is 9.47 Å². The smallest absolute Gasteiger partial charge is 0.251 e. The zero-order valence-electron chi connectivity index (χ0n) is 13.2. The number of hydrogen-bond acceptors (Lipinski definition) is 3. The van der Waals surface area contributed by atoms with Crippen LogP contribution in [-0.2, 0) is 6.42 Å². The molecule has 0 spiro atoms. The molecule has 0 unspecified atom stereocenters. The molecule has 0 bridgehead atoms. The number of aryl methyl sites for hydroxylation is 1. The van der Waals surface area contributed by atoms with Gasteiger partial charge >= 0.3 is 0 Å². The van der Waals surface area contributed by atoms with Gasteiger partial charge in [-0.2, -0.15) is 0 Å². The van der Waals surface area contributed by atoms with Crippen LogP contribution in [-0.4, -0.2) is 26.2 Å². The van der Waals surface area contributed by atoms with Crippen molar-refractivity contribution in [3.63, 3.8) is 0 Å². The lowest BCUT2D eigenvalue weighted by Crippen LogP contribution is -2.36. The van der Waals surface area contributed by atoms with Gasteiger partial charge in [-0.3, -0.25) is 4.79 Å². The number of rotatable bonds is 5. The number of nitrogens with one attached hydrogen (secondary N) is 1. The van der Waals surface area contributed by atoms with Gasteiger partial charge in [0.05, 0.1) is 14.2 Å². The lowest BCUT2D eigenvalue weighted by molar-refractivity contribution is 0.0926. The van der Waals surface area contributed by atoms with E-state index in [0.717, 1.165) is 24.8 Å². The van der Waals surface area contributed by atoms with Crippen LogP contribution < -0.4 is 14.8 Å². The first-order chi connectivity index (χ1) is 10.2. The molecule has 1 aliphatic rings. The minimum absolute atomic E-state index is 0.000275. The van der Waals surface area contributed by atoms with Crippen LogP contribution in [0.1, 0.15) is 54.9 Å². The Morgan fingerprint density at radius 1 is 1.14 bits per heavy atom. The summed E-state index contributed by atoms with van der Waals surface area (Å²) in [5.74, 6) is 1.27. The van der Waals surface area contributed by atoms with E-state index in [9.17, 15) is 4.79 Å². The number of hydrogen-bond donors (Lipinski definition) is 1. The van der Waals surface area contributed by atoms with E-state index in [1.807, 2.05) is 13.0 Å². The van der Waals surface area contributed by atoms with Crippen LogP contribution in [0.25, 0.3) is 0 Å². The molecule has 0 radical (unpaired) electrons. The summed E-state index contributed by atoms with van der Waals surface area (Å²) in [5, 5.41) is 3.16. The monoisotopic (exact) mass is 291 g/mol. The van der Waals surface area contributed by atoms with Gasteiger partial charge in [0.2, 0.25) is 0 Å². The molecule has 4 heteroatoms. The Balaban J connectivity index is 2.21. The summed E-state index contributed by atoms with van der Waals surface area (Å²) in [6.07, 6.45) is 6.65. The van der Waals surface area contributed by atoms with Crippen molar-refractivity contribution in [3.8, 4) is 11.5 Å². The second kappa shape index (κ2) is 7.34. The molecule has 0 atom stereocenters. The zero-order valence-corrected chi connectivity index (χ0v) is 13.2. The molecule has 1 aromatic carbocycles. The van der Waals surface area contributed by atoms with Crippen molar-refractivity contribution in [1.82, 2.24) is 5.32 Å². The third-order valence-electron chi connectivity index (χ3n) is 4.18. The molecular formula is C17H25NO3. The van der Waals surface area contributed by atoms with E-state index in [1.54, 1.807) is 20.3 Å². The van der Waals surface area contributed by atoms with Crippen LogP contribution in [0.2, 0.25) is 0 Å². The summed E-state index contributed by atoms with van der Waals surface area (Å²) >= 11 is 0. The minimum Gasteiger partial charge on any atom is -0.493 e. The molecule has 1 fully saturated rings. The number of methoxy groups -OCH3 is 2. The lowest BCUT2D eigenvalue weighted by atomic mass is 9.95. The van der Waals surface area contributed by atoms with Crippen LogP contribution in [0, 0.1) is 0 Å². The van der Waals surface area contributed by atoms with Crippen molar-refractivity contribution in [2.45, 2.75) is 51.5 Å². The maximum atomic E-state index is 12.6. The second-order valence-corrected chi connectivity index (χ2v) is 5.53. The SMILES string of the molecule is CCc1cc(OC)c(OC)cc1C(=O)NC1CCCCC1. The van der Waals surface area contributed by atoms with Crippen molar-refractivity contribution in [3.05, 3.63) is 23.3 Å². The van der Waals surface area contributed by atoms with Gasteiger partial charge in [-0.05, 0) is 37.0 Å². The Bertz CT molecular complexity index is 493. The molecule has 1 aliphatic carbocycles. The minimum atomic E-state index is -0.000275. The molecule has 0 aliphatic heterocycles. The molecular weight excluding hydrogens is 266 g/mol. The molecule has 116 valence electrons. The standard InChI is InChI=1S/C17H25NO3/c1-4-12-10-15(20-2)16(21-3)11-14(12)17(19)18-13-8-6-5-7-9-13/h10-11,13H,4-9H2,1-3H3,(H,18,19). The Morgan fingerprint density at radius 2 is 1.76 bits per heavy atom. The topological polar surface area (TPSA) is 47.6 Å². The molecule has 1 aromatic rings. The van der Waals surface area contributed by atoms with Gasteiger partial charge in [-0.25, -0.2) is 0 Å². The highest BCUT2D eigenvalue weighted by atomic mass is 16.5. The van der Waals surface area contributed by atoms with Gasteiger partial charge in [0.1, 0.15) is 0 Å². The summed E-state index contributed by atoms with van der Waals surface area (Å²) in [7, 11) is 3.20. The first-order valence-corrected chi connectivity index (χ1v) is 7.75. The fraction of sp³-hybridized carbons (Fsp3) is 0.588. The normalized spacial score (nSPS) is 15.6. The van der Waals surface area contributed by atoms with Crippen LogP contribution >= 0.6 is 0 Å². The first-order valence-electron chi connectivity index (χ1n) is 7.75. The number of carbonyl (C=O) groups excluding carboxylic acids is 1. The largest absolute Gasteiger partial charge is 0.493 e. The van der Waals surface area contributed by atoms with Gasteiger partial charge in [0, 0.05) is 11.6 Å². The van der Waals surface area contributed by atoms with Crippen LogP contribution in [0.3, 0.4) is 0 Å². The molecule has 1 N–H and O–H groups in total. The average Bonchev–Trinajstić information content (AvgIpc) is 2.54. The Kier molecular flexibility index (Phi) is 5.48. The maximum absolute atomic E-state index is 12.6. The number of amides is 1. The van der Waals surface area contributed by atoms with Crippen molar-refractivity contribution in [2.24, 2.45) is 0 Å². The third kappa shape index (κ3) is 3.69. The van der Waals surface area contributed by atoms with E-state index in [0.29, 0.717) is 23.1 Å². The van der Waals surface area contributed by atoms with Gasteiger partial charge in [-0.15, -0.1) is 0 Å². The fourth-order valence-corrected chi connectivity index (χ4v) is 2.94. The summed E-state index contributed by atoms with van der Waals surface area (Å²) < 4.78 is 10.6. The second-order valence-electron chi connectivity index (χ2n) is 5.53. The van der Waals surface area contributed by atoms with Crippen LogP contribution in [0.5, 0.6) is 11.5 Å². The predicted molar refractivity (Wildman–Crippen MR) is 83.3 cm³/mol. The van der Waals surface area contributed by atoms with Crippen molar-refractivity contribution >= 4 is 5.91 Å². The number of benzene rings is 1. The molecule has 0 heterocycles. The van der Waals surface area contributed by atoms with Crippen molar-refractivity contribution in [2.75, 3.05) is 14.2 Å². The molecule has 0 saturated heterocycles. The van der Waals surface area contributed by atoms with E-state index >= 15 is 0 Å². The zero-order chi connectivity index (χ0) is 15.2. The molecule has 2 rings (SSSR count). The van der Waals surface area contributed by atoms with Crippen LogP contribution in [0.15, 0.2) is 12.1 Å².